The first kappa shape index (κ1) is 18.9. The van der Waals surface area contributed by atoms with Gasteiger partial charge in [-0.3, -0.25) is 14.5 Å². The average molecular weight is 356 g/mol. The van der Waals surface area contributed by atoms with Crippen LogP contribution in [0.15, 0.2) is 48.5 Å². The molecule has 0 radical (unpaired) electrons. The van der Waals surface area contributed by atoms with Crippen LogP contribution in [0.5, 0.6) is 5.75 Å². The minimum Gasteiger partial charge on any atom is -0.496 e. The van der Waals surface area contributed by atoms with Gasteiger partial charge in [-0.05, 0) is 29.8 Å². The number of methoxy groups -OCH3 is 1. The number of benzene rings is 2. The van der Waals surface area contributed by atoms with Crippen LogP contribution in [-0.2, 0) is 6.04 Å². The Kier molecular flexibility index (Phi) is 5.80. The Morgan fingerprint density at radius 2 is 1.44 bits per heavy atom. The molecule has 0 spiro atoms. The smallest absolute Gasteiger partial charge is 0.264 e. The molecule has 0 bridgehead atoms. The Morgan fingerprint density at radius 3 is 2.04 bits per heavy atom. The zero-order valence-corrected chi connectivity index (χ0v) is 16.5. The van der Waals surface area contributed by atoms with Crippen molar-refractivity contribution >= 4 is 19.9 Å². The first-order valence-electron chi connectivity index (χ1n) is 8.28. The van der Waals surface area contributed by atoms with Gasteiger partial charge in [0, 0.05) is 20.7 Å². The fraction of sp³-hybridized carbons (Fsp3) is 0.300. The predicted molar refractivity (Wildman–Crippen MR) is 103 cm³/mol. The van der Waals surface area contributed by atoms with Crippen LogP contribution >= 0.6 is 0 Å². The molecule has 0 heterocycles. The van der Waals surface area contributed by atoms with Crippen molar-refractivity contribution in [1.82, 2.24) is 4.90 Å². The highest BCUT2D eigenvalue weighted by molar-refractivity contribution is 6.75. The number of rotatable bonds is 5. The van der Waals surface area contributed by atoms with Gasteiger partial charge in [0.2, 0.25) is 0 Å². The molecule has 0 aliphatic heterocycles. The molecule has 0 saturated carbocycles. The molecule has 2 rings (SSSR count). The summed E-state index contributed by atoms with van der Waals surface area (Å²) in [6.07, 6.45) is 0. The number of ether oxygens (including phenoxy) is 1. The third-order valence-corrected chi connectivity index (χ3v) is 5.36. The molecule has 132 valence electrons. The highest BCUT2D eigenvalue weighted by atomic mass is 28.3. The first-order chi connectivity index (χ1) is 11.7. The summed E-state index contributed by atoms with van der Waals surface area (Å²) in [5.74, 6) is -0.197. The van der Waals surface area contributed by atoms with E-state index in [2.05, 4.69) is 19.6 Å². The number of hydrogen-bond donors (Lipinski definition) is 0. The van der Waals surface area contributed by atoms with Gasteiger partial charge < -0.3 is 4.74 Å². The molecule has 0 aliphatic carbocycles. The normalized spacial score (nSPS) is 11.1. The lowest BCUT2D eigenvalue weighted by atomic mass is 10.1. The molecule has 0 fully saturated rings. The van der Waals surface area contributed by atoms with Crippen LogP contribution in [-0.4, -0.2) is 38.9 Å². The van der Waals surface area contributed by atoms with Crippen LogP contribution in [0.3, 0.4) is 0 Å². The molecule has 0 unspecified atom stereocenters. The Hall–Kier alpha value is -2.40. The third-order valence-electron chi connectivity index (χ3n) is 3.92. The number of carbonyl (C=O) groups excluding carboxylic acids is 2. The second-order valence-electron chi connectivity index (χ2n) is 7.26. The molecule has 0 saturated heterocycles. The van der Waals surface area contributed by atoms with Crippen molar-refractivity contribution in [1.29, 1.82) is 0 Å². The standard InChI is InChI=1S/C20H25NO3Si/c1-21(20(23)17-12-8-9-13-18(17)24-2)19(22)16-11-7-6-10-15(16)14-25(3,4)5/h6-13H,14H2,1-5H3. The van der Waals surface area contributed by atoms with Crippen LogP contribution < -0.4 is 4.74 Å². The van der Waals surface area contributed by atoms with E-state index in [-0.39, 0.29) is 11.8 Å². The van der Waals surface area contributed by atoms with E-state index < -0.39 is 8.07 Å². The SMILES string of the molecule is COc1ccccc1C(=O)N(C)C(=O)c1ccccc1C[Si](C)(C)C. The third kappa shape index (κ3) is 4.57. The lowest BCUT2D eigenvalue weighted by Gasteiger charge is -2.21. The summed E-state index contributed by atoms with van der Waals surface area (Å²) in [5, 5.41) is 0. The predicted octanol–water partition coefficient (Wildman–Crippen LogP) is 4.03. The van der Waals surface area contributed by atoms with E-state index >= 15 is 0 Å². The second kappa shape index (κ2) is 7.65. The number of imide groups is 1. The fourth-order valence-electron chi connectivity index (χ4n) is 2.73. The van der Waals surface area contributed by atoms with Crippen molar-refractivity contribution in [2.75, 3.05) is 14.2 Å². The van der Waals surface area contributed by atoms with Crippen molar-refractivity contribution in [2.45, 2.75) is 25.7 Å². The van der Waals surface area contributed by atoms with Gasteiger partial charge in [0.05, 0.1) is 12.7 Å². The van der Waals surface area contributed by atoms with Crippen LogP contribution in [0, 0.1) is 0 Å². The molecule has 2 amide bonds. The molecular formula is C20H25NO3Si. The van der Waals surface area contributed by atoms with Crippen LogP contribution in [0.25, 0.3) is 0 Å². The van der Waals surface area contributed by atoms with Gasteiger partial charge in [0.25, 0.3) is 11.8 Å². The Balaban J connectivity index is 2.33. The quantitative estimate of drug-likeness (QED) is 0.601. The van der Waals surface area contributed by atoms with Crippen LogP contribution in [0.4, 0.5) is 0 Å². The van der Waals surface area contributed by atoms with E-state index in [0.717, 1.165) is 11.6 Å². The van der Waals surface area contributed by atoms with Crippen LogP contribution in [0.2, 0.25) is 19.6 Å². The lowest BCUT2D eigenvalue weighted by molar-refractivity contribution is 0.0654. The van der Waals surface area contributed by atoms with Crippen molar-refractivity contribution in [3.05, 3.63) is 65.2 Å². The van der Waals surface area contributed by atoms with Gasteiger partial charge in [-0.1, -0.05) is 50.0 Å². The Bertz CT molecular complexity index is 781. The number of hydrogen-bond acceptors (Lipinski definition) is 3. The van der Waals surface area contributed by atoms with Crippen molar-refractivity contribution in [2.24, 2.45) is 0 Å². The molecule has 4 nitrogen and oxygen atoms in total. The van der Waals surface area contributed by atoms with Gasteiger partial charge in [0.1, 0.15) is 5.75 Å². The first-order valence-corrected chi connectivity index (χ1v) is 12.0. The molecule has 0 aliphatic rings. The largest absolute Gasteiger partial charge is 0.496 e. The molecular weight excluding hydrogens is 330 g/mol. The number of nitrogens with zero attached hydrogens (tertiary/aromatic N) is 1. The van der Waals surface area contributed by atoms with Crippen molar-refractivity contribution < 1.29 is 14.3 Å². The van der Waals surface area contributed by atoms with Crippen molar-refractivity contribution in [3.63, 3.8) is 0 Å². The molecule has 5 heteroatoms. The number of amides is 2. The average Bonchev–Trinajstić information content (AvgIpc) is 2.59. The van der Waals surface area contributed by atoms with Gasteiger partial charge in [-0.25, -0.2) is 0 Å². The highest BCUT2D eigenvalue weighted by Gasteiger charge is 2.25. The highest BCUT2D eigenvalue weighted by Crippen LogP contribution is 2.22. The van der Waals surface area contributed by atoms with E-state index in [1.165, 1.54) is 19.1 Å². The monoisotopic (exact) mass is 355 g/mol. The lowest BCUT2D eigenvalue weighted by Crippen LogP contribution is -2.35. The zero-order chi connectivity index (χ0) is 18.6. The van der Waals surface area contributed by atoms with Crippen molar-refractivity contribution in [3.8, 4) is 5.75 Å². The minimum absolute atomic E-state index is 0.287. The van der Waals surface area contributed by atoms with E-state index in [1.54, 1.807) is 30.3 Å². The topological polar surface area (TPSA) is 46.6 Å². The summed E-state index contributed by atoms with van der Waals surface area (Å²) in [7, 11) is 1.64. The molecule has 0 N–H and O–H groups in total. The fourth-order valence-corrected chi connectivity index (χ4v) is 4.18. The molecule has 0 atom stereocenters. The summed E-state index contributed by atoms with van der Waals surface area (Å²) in [6, 6.07) is 15.4. The van der Waals surface area contributed by atoms with Gasteiger partial charge in [-0.15, -0.1) is 0 Å². The number of para-hydroxylation sites is 1. The van der Waals surface area contributed by atoms with E-state index in [4.69, 9.17) is 4.74 Å². The van der Waals surface area contributed by atoms with Gasteiger partial charge >= 0.3 is 0 Å². The van der Waals surface area contributed by atoms with E-state index in [9.17, 15) is 9.59 Å². The summed E-state index contributed by atoms with van der Waals surface area (Å²) < 4.78 is 5.24. The Morgan fingerprint density at radius 1 is 0.920 bits per heavy atom. The minimum atomic E-state index is -1.39. The summed E-state index contributed by atoms with van der Waals surface area (Å²) >= 11 is 0. The van der Waals surface area contributed by atoms with Gasteiger partial charge in [-0.2, -0.15) is 0 Å². The maximum absolute atomic E-state index is 12.9. The van der Waals surface area contributed by atoms with E-state index in [0.29, 0.717) is 16.9 Å². The van der Waals surface area contributed by atoms with E-state index in [1.807, 2.05) is 18.2 Å². The van der Waals surface area contributed by atoms with Gasteiger partial charge in [0.15, 0.2) is 0 Å². The molecule has 2 aromatic rings. The number of carbonyl (C=O) groups is 2. The maximum Gasteiger partial charge on any atom is 0.264 e. The molecule has 2 aromatic carbocycles. The summed E-state index contributed by atoms with van der Waals surface area (Å²) in [6.45, 7) is 6.79. The molecule has 0 aromatic heterocycles. The molecule has 25 heavy (non-hydrogen) atoms. The second-order valence-corrected chi connectivity index (χ2v) is 12.7. The maximum atomic E-state index is 12.9. The Labute approximate surface area is 150 Å². The summed E-state index contributed by atoms with van der Waals surface area (Å²) in [4.78, 5) is 26.9. The summed E-state index contributed by atoms with van der Waals surface area (Å²) in [5.41, 5.74) is 1.98. The van der Waals surface area contributed by atoms with Crippen LogP contribution in [0.1, 0.15) is 26.3 Å². The zero-order valence-electron chi connectivity index (χ0n) is 15.5.